The molecule has 110 valence electrons. The van der Waals surface area contributed by atoms with Crippen molar-refractivity contribution in [3.05, 3.63) is 53.6 Å². The van der Waals surface area contributed by atoms with Gasteiger partial charge in [-0.1, -0.05) is 0 Å². The maximum Gasteiger partial charge on any atom is 0.337 e. The number of rotatable bonds is 4. The first kappa shape index (κ1) is 14.8. The third-order valence-electron chi connectivity index (χ3n) is 3.03. The van der Waals surface area contributed by atoms with Gasteiger partial charge in [-0.25, -0.2) is 9.18 Å². The van der Waals surface area contributed by atoms with E-state index in [9.17, 15) is 14.0 Å². The first-order valence-corrected chi connectivity index (χ1v) is 6.41. The zero-order chi connectivity index (χ0) is 15.6. The van der Waals surface area contributed by atoms with Crippen LogP contribution in [0.4, 0.5) is 10.1 Å². The molecule has 1 aromatic carbocycles. The molecule has 5 nitrogen and oxygen atoms in total. The molecule has 2 rings (SSSR count). The summed E-state index contributed by atoms with van der Waals surface area (Å²) in [6.45, 7) is 3.84. The molecule has 6 heteroatoms. The summed E-state index contributed by atoms with van der Waals surface area (Å²) in [6, 6.07) is 6.56. The summed E-state index contributed by atoms with van der Waals surface area (Å²) < 4.78 is 15.0. The molecule has 1 amide bonds. The van der Waals surface area contributed by atoms with E-state index in [1.54, 1.807) is 22.9 Å². The minimum absolute atomic E-state index is 0.0657. The number of aromatic nitrogens is 1. The van der Waals surface area contributed by atoms with E-state index in [-0.39, 0.29) is 17.3 Å². The van der Waals surface area contributed by atoms with E-state index in [4.69, 9.17) is 5.11 Å². The van der Waals surface area contributed by atoms with Crippen molar-refractivity contribution >= 4 is 17.6 Å². The Labute approximate surface area is 121 Å². The zero-order valence-corrected chi connectivity index (χ0v) is 11.6. The highest BCUT2D eigenvalue weighted by molar-refractivity contribution is 6.07. The average molecular weight is 290 g/mol. The van der Waals surface area contributed by atoms with Gasteiger partial charge in [-0.05, 0) is 44.2 Å². The number of hydrogen-bond donors (Lipinski definition) is 2. The highest BCUT2D eigenvalue weighted by Crippen LogP contribution is 2.19. The standard InChI is InChI=1S/C15H15FN2O3/c1-9(2)18-7-3-4-13(18)14(19)17-12-8-10(16)5-6-11(12)15(20)21/h3-9H,1-2H3,(H,17,19)(H,20,21). The number of halogens is 1. The first-order chi connectivity index (χ1) is 9.90. The number of amides is 1. The van der Waals surface area contributed by atoms with Gasteiger partial charge >= 0.3 is 5.97 Å². The van der Waals surface area contributed by atoms with Crippen molar-refractivity contribution in [1.82, 2.24) is 4.57 Å². The van der Waals surface area contributed by atoms with E-state index in [2.05, 4.69) is 5.32 Å². The number of carboxylic acid groups (broad SMARTS) is 1. The molecule has 0 unspecified atom stereocenters. The normalized spacial score (nSPS) is 10.7. The van der Waals surface area contributed by atoms with Crippen LogP contribution in [0.5, 0.6) is 0 Å². The molecule has 0 atom stereocenters. The van der Waals surface area contributed by atoms with Crippen molar-refractivity contribution in [2.24, 2.45) is 0 Å². The second kappa shape index (κ2) is 5.78. The minimum Gasteiger partial charge on any atom is -0.478 e. The van der Waals surface area contributed by atoms with Gasteiger partial charge in [-0.15, -0.1) is 0 Å². The van der Waals surface area contributed by atoms with Crippen molar-refractivity contribution in [1.29, 1.82) is 0 Å². The Bertz CT molecular complexity index is 692. The highest BCUT2D eigenvalue weighted by Gasteiger charge is 2.17. The smallest absolute Gasteiger partial charge is 0.337 e. The van der Waals surface area contributed by atoms with Gasteiger partial charge in [0.15, 0.2) is 0 Å². The first-order valence-electron chi connectivity index (χ1n) is 6.41. The Kier molecular flexibility index (Phi) is 4.07. The molecule has 1 aromatic heterocycles. The molecule has 0 fully saturated rings. The third-order valence-corrected chi connectivity index (χ3v) is 3.03. The van der Waals surface area contributed by atoms with E-state index in [0.717, 1.165) is 18.2 Å². The summed E-state index contributed by atoms with van der Waals surface area (Å²) >= 11 is 0. The lowest BCUT2D eigenvalue weighted by Crippen LogP contribution is -2.19. The van der Waals surface area contributed by atoms with Crippen LogP contribution < -0.4 is 5.32 Å². The lowest BCUT2D eigenvalue weighted by atomic mass is 10.1. The molecule has 21 heavy (non-hydrogen) atoms. The molecule has 0 spiro atoms. The molecular formula is C15H15FN2O3. The van der Waals surface area contributed by atoms with Crippen LogP contribution in [0.1, 0.15) is 40.7 Å². The van der Waals surface area contributed by atoms with E-state index in [1.165, 1.54) is 0 Å². The number of carbonyl (C=O) groups excluding carboxylic acids is 1. The maximum atomic E-state index is 13.3. The van der Waals surface area contributed by atoms with Crippen LogP contribution in [0, 0.1) is 5.82 Å². The van der Waals surface area contributed by atoms with Crippen LogP contribution in [-0.2, 0) is 0 Å². The van der Waals surface area contributed by atoms with E-state index in [1.807, 2.05) is 13.8 Å². The Morgan fingerprint density at radius 1 is 1.29 bits per heavy atom. The van der Waals surface area contributed by atoms with Gasteiger partial charge in [0.05, 0.1) is 11.3 Å². The fourth-order valence-electron chi connectivity index (χ4n) is 2.03. The van der Waals surface area contributed by atoms with Gasteiger partial charge in [-0.2, -0.15) is 0 Å². The van der Waals surface area contributed by atoms with E-state index >= 15 is 0 Å². The van der Waals surface area contributed by atoms with Gasteiger partial charge in [-0.3, -0.25) is 4.79 Å². The molecule has 0 radical (unpaired) electrons. The maximum absolute atomic E-state index is 13.3. The molecule has 2 N–H and O–H groups in total. The molecule has 0 saturated carbocycles. The SMILES string of the molecule is CC(C)n1cccc1C(=O)Nc1cc(F)ccc1C(=O)O. The Morgan fingerprint density at radius 2 is 2.00 bits per heavy atom. The summed E-state index contributed by atoms with van der Waals surface area (Å²) in [5.74, 6) is -2.33. The lowest BCUT2D eigenvalue weighted by Gasteiger charge is -2.13. The molecule has 0 aliphatic heterocycles. The van der Waals surface area contributed by atoms with Crippen molar-refractivity contribution < 1.29 is 19.1 Å². The van der Waals surface area contributed by atoms with E-state index in [0.29, 0.717) is 5.69 Å². The molecule has 0 bridgehead atoms. The monoisotopic (exact) mass is 290 g/mol. The van der Waals surface area contributed by atoms with Crippen molar-refractivity contribution in [3.63, 3.8) is 0 Å². The number of carboxylic acids is 1. The Morgan fingerprint density at radius 3 is 2.62 bits per heavy atom. The number of aromatic carboxylic acids is 1. The van der Waals surface area contributed by atoms with Crippen LogP contribution in [0.3, 0.4) is 0 Å². The summed E-state index contributed by atoms with van der Waals surface area (Å²) in [5, 5.41) is 11.5. The molecule has 1 heterocycles. The van der Waals surface area contributed by atoms with Gasteiger partial charge in [0.1, 0.15) is 11.5 Å². The van der Waals surface area contributed by atoms with Crippen LogP contribution in [-0.4, -0.2) is 21.6 Å². The van der Waals surface area contributed by atoms with Gasteiger partial charge in [0.25, 0.3) is 5.91 Å². The van der Waals surface area contributed by atoms with Gasteiger partial charge in [0, 0.05) is 12.2 Å². The fraction of sp³-hybridized carbons (Fsp3) is 0.200. The van der Waals surface area contributed by atoms with Crippen molar-refractivity contribution in [2.45, 2.75) is 19.9 Å². The molecule has 0 aliphatic rings. The number of benzene rings is 1. The van der Waals surface area contributed by atoms with Gasteiger partial charge < -0.3 is 15.0 Å². The predicted molar refractivity (Wildman–Crippen MR) is 76.1 cm³/mol. The average Bonchev–Trinajstić information content (AvgIpc) is 2.87. The molecular weight excluding hydrogens is 275 g/mol. The summed E-state index contributed by atoms with van der Waals surface area (Å²) in [7, 11) is 0. The predicted octanol–water partition coefficient (Wildman–Crippen LogP) is 3.16. The molecule has 2 aromatic rings. The number of carbonyl (C=O) groups is 2. The van der Waals surface area contributed by atoms with Crippen LogP contribution in [0.2, 0.25) is 0 Å². The van der Waals surface area contributed by atoms with Crippen molar-refractivity contribution in [3.8, 4) is 0 Å². The molecule has 0 saturated heterocycles. The summed E-state index contributed by atoms with van der Waals surface area (Å²) in [5.41, 5.74) is 0.155. The van der Waals surface area contributed by atoms with E-state index < -0.39 is 17.7 Å². The van der Waals surface area contributed by atoms with Crippen LogP contribution >= 0.6 is 0 Å². The van der Waals surface area contributed by atoms with Gasteiger partial charge in [0.2, 0.25) is 0 Å². The summed E-state index contributed by atoms with van der Waals surface area (Å²) in [6.07, 6.45) is 1.75. The minimum atomic E-state index is -1.23. The van der Waals surface area contributed by atoms with Crippen LogP contribution in [0.15, 0.2) is 36.5 Å². The highest BCUT2D eigenvalue weighted by atomic mass is 19.1. The molecule has 0 aliphatic carbocycles. The second-order valence-electron chi connectivity index (χ2n) is 4.84. The number of nitrogens with one attached hydrogen (secondary N) is 1. The van der Waals surface area contributed by atoms with Crippen molar-refractivity contribution in [2.75, 3.05) is 5.32 Å². The number of anilines is 1. The van der Waals surface area contributed by atoms with Crippen LogP contribution in [0.25, 0.3) is 0 Å². The number of hydrogen-bond acceptors (Lipinski definition) is 2. The zero-order valence-electron chi connectivity index (χ0n) is 11.6. The second-order valence-corrected chi connectivity index (χ2v) is 4.84. The Balaban J connectivity index is 2.33. The summed E-state index contributed by atoms with van der Waals surface area (Å²) in [4.78, 5) is 23.3. The lowest BCUT2D eigenvalue weighted by molar-refractivity contribution is 0.0698. The largest absolute Gasteiger partial charge is 0.478 e. The number of nitrogens with zero attached hydrogens (tertiary/aromatic N) is 1. The quantitative estimate of drug-likeness (QED) is 0.908. The topological polar surface area (TPSA) is 71.3 Å². The fourth-order valence-corrected chi connectivity index (χ4v) is 2.03. The third kappa shape index (κ3) is 3.10. The Hall–Kier alpha value is -2.63.